The lowest BCUT2D eigenvalue weighted by molar-refractivity contribution is -0.116. The zero-order chi connectivity index (χ0) is 12.7. The van der Waals surface area contributed by atoms with Gasteiger partial charge in [-0.15, -0.1) is 0 Å². The van der Waals surface area contributed by atoms with Crippen molar-refractivity contribution in [1.82, 2.24) is 5.32 Å². The Morgan fingerprint density at radius 1 is 1.24 bits per heavy atom. The molecular weight excluding hydrogens is 222 g/mol. The van der Waals surface area contributed by atoms with E-state index in [9.17, 15) is 14.4 Å². The van der Waals surface area contributed by atoms with E-state index in [-0.39, 0.29) is 0 Å². The summed E-state index contributed by atoms with van der Waals surface area (Å²) >= 11 is 0. The number of ether oxygens (including phenoxy) is 1. The van der Waals surface area contributed by atoms with Crippen molar-refractivity contribution in [3.63, 3.8) is 0 Å². The maximum absolute atomic E-state index is 11.1. The van der Waals surface area contributed by atoms with E-state index < -0.39 is 11.9 Å². The summed E-state index contributed by atoms with van der Waals surface area (Å²) in [6, 6.07) is 6.03. The summed E-state index contributed by atoms with van der Waals surface area (Å²) in [5.41, 5.74) is 0.778. The number of aldehydes is 1. The standard InChI is InChI=1S/C12H10NO4/c1-17-12(16)9-4-6-10(7-5-9)13-11(15)3-2-8-14/h2-8H,1H3/b3-2-. The predicted molar refractivity (Wildman–Crippen MR) is 59.8 cm³/mol. The summed E-state index contributed by atoms with van der Waals surface area (Å²) in [6.07, 6.45) is 2.61. The van der Waals surface area contributed by atoms with Crippen LogP contribution in [0, 0.1) is 0 Å². The number of nitrogens with zero attached hydrogens (tertiary/aromatic N) is 1. The molecule has 0 aromatic heterocycles. The van der Waals surface area contributed by atoms with Crippen molar-refractivity contribution in [2.75, 3.05) is 7.11 Å². The van der Waals surface area contributed by atoms with Gasteiger partial charge in [-0.1, -0.05) is 0 Å². The summed E-state index contributed by atoms with van der Waals surface area (Å²) in [7, 11) is 1.29. The number of allylic oxidation sites excluding steroid dienone is 1. The minimum atomic E-state index is -0.539. The largest absolute Gasteiger partial charge is 0.465 e. The number of hydrogen-bond acceptors (Lipinski definition) is 4. The number of amides is 1. The number of rotatable bonds is 4. The molecule has 0 saturated carbocycles. The normalized spacial score (nSPS) is 9.94. The van der Waals surface area contributed by atoms with Gasteiger partial charge in [0.2, 0.25) is 0 Å². The Bertz CT molecular complexity index is 448. The molecule has 87 valence electrons. The van der Waals surface area contributed by atoms with Crippen LogP contribution in [0.25, 0.3) is 0 Å². The first-order chi connectivity index (χ1) is 8.17. The zero-order valence-electron chi connectivity index (χ0n) is 9.12. The van der Waals surface area contributed by atoms with Gasteiger partial charge in [0.1, 0.15) is 6.29 Å². The second kappa shape index (κ2) is 6.22. The van der Waals surface area contributed by atoms with Gasteiger partial charge in [0.25, 0.3) is 5.91 Å². The minimum Gasteiger partial charge on any atom is -0.465 e. The highest BCUT2D eigenvalue weighted by molar-refractivity contribution is 5.94. The first-order valence-electron chi connectivity index (χ1n) is 4.73. The van der Waals surface area contributed by atoms with Crippen LogP contribution in [-0.2, 0) is 14.3 Å². The van der Waals surface area contributed by atoms with Gasteiger partial charge < -0.3 is 4.74 Å². The highest BCUT2D eigenvalue weighted by Gasteiger charge is 2.05. The van der Waals surface area contributed by atoms with E-state index in [2.05, 4.69) is 10.1 Å². The topological polar surface area (TPSA) is 74.5 Å². The number of benzene rings is 1. The fourth-order valence-electron chi connectivity index (χ4n) is 1.08. The van der Waals surface area contributed by atoms with Gasteiger partial charge in [0.15, 0.2) is 0 Å². The Morgan fingerprint density at radius 2 is 1.88 bits per heavy atom. The summed E-state index contributed by atoms with van der Waals surface area (Å²) in [5.74, 6) is -0.994. The van der Waals surface area contributed by atoms with Crippen LogP contribution in [0.4, 0.5) is 5.69 Å². The third-order valence-corrected chi connectivity index (χ3v) is 1.85. The van der Waals surface area contributed by atoms with Crippen LogP contribution in [0.15, 0.2) is 36.4 Å². The van der Waals surface area contributed by atoms with E-state index in [0.29, 0.717) is 17.5 Å². The number of carbonyl (C=O) groups is 3. The fraction of sp³-hybridized carbons (Fsp3) is 0.0833. The maximum atomic E-state index is 11.1. The highest BCUT2D eigenvalue weighted by atomic mass is 16.5. The molecule has 0 N–H and O–H groups in total. The monoisotopic (exact) mass is 232 g/mol. The molecule has 1 aromatic rings. The number of methoxy groups -OCH3 is 1. The molecule has 0 saturated heterocycles. The smallest absolute Gasteiger partial charge is 0.337 e. The van der Waals surface area contributed by atoms with Crippen molar-refractivity contribution >= 4 is 23.9 Å². The summed E-state index contributed by atoms with van der Waals surface area (Å²) in [6.45, 7) is 0. The molecule has 1 aromatic carbocycles. The summed E-state index contributed by atoms with van der Waals surface area (Å²) in [4.78, 5) is 32.2. The quantitative estimate of drug-likeness (QED) is 0.440. The third-order valence-electron chi connectivity index (χ3n) is 1.85. The second-order valence-corrected chi connectivity index (χ2v) is 2.98. The van der Waals surface area contributed by atoms with E-state index in [4.69, 9.17) is 0 Å². The molecule has 0 aliphatic rings. The zero-order valence-corrected chi connectivity index (χ0v) is 9.12. The molecule has 0 fully saturated rings. The van der Waals surface area contributed by atoms with Gasteiger partial charge in [-0.3, -0.25) is 9.59 Å². The van der Waals surface area contributed by atoms with Crippen LogP contribution in [0.5, 0.6) is 0 Å². The minimum absolute atomic E-state index is 0.377. The van der Waals surface area contributed by atoms with Crippen LogP contribution in [0.2, 0.25) is 0 Å². The van der Waals surface area contributed by atoms with Crippen molar-refractivity contribution in [2.24, 2.45) is 0 Å². The van der Waals surface area contributed by atoms with E-state index in [1.807, 2.05) is 0 Å². The lowest BCUT2D eigenvalue weighted by Crippen LogP contribution is -2.07. The first-order valence-corrected chi connectivity index (χ1v) is 4.73. The molecule has 1 rings (SSSR count). The third kappa shape index (κ3) is 3.90. The Labute approximate surface area is 98.1 Å². The van der Waals surface area contributed by atoms with Gasteiger partial charge in [0.05, 0.1) is 18.4 Å². The summed E-state index contributed by atoms with van der Waals surface area (Å²) in [5, 5.41) is 3.69. The van der Waals surface area contributed by atoms with Gasteiger partial charge in [-0.2, -0.15) is 0 Å². The van der Waals surface area contributed by atoms with Crippen LogP contribution >= 0.6 is 0 Å². The average Bonchev–Trinajstić information content (AvgIpc) is 2.36. The van der Waals surface area contributed by atoms with E-state index in [0.717, 1.165) is 12.2 Å². The fourth-order valence-corrected chi connectivity index (χ4v) is 1.08. The molecule has 0 aliphatic carbocycles. The van der Waals surface area contributed by atoms with E-state index >= 15 is 0 Å². The lowest BCUT2D eigenvalue weighted by Gasteiger charge is -2.01. The Hall–Kier alpha value is -2.43. The van der Waals surface area contributed by atoms with Gasteiger partial charge in [-0.05, 0) is 30.3 Å². The van der Waals surface area contributed by atoms with Gasteiger partial charge >= 0.3 is 5.97 Å². The molecule has 0 spiro atoms. The number of carbonyl (C=O) groups excluding carboxylic acids is 3. The molecule has 0 heterocycles. The molecule has 0 unspecified atom stereocenters. The maximum Gasteiger partial charge on any atom is 0.337 e. The highest BCUT2D eigenvalue weighted by Crippen LogP contribution is 2.10. The average molecular weight is 232 g/mol. The van der Waals surface area contributed by atoms with Crippen molar-refractivity contribution in [3.05, 3.63) is 42.0 Å². The Morgan fingerprint density at radius 3 is 2.41 bits per heavy atom. The van der Waals surface area contributed by atoms with Gasteiger partial charge in [0, 0.05) is 6.08 Å². The van der Waals surface area contributed by atoms with Crippen molar-refractivity contribution in [1.29, 1.82) is 0 Å². The molecule has 5 nitrogen and oxygen atoms in total. The first kappa shape index (κ1) is 12.6. The molecular formula is C12H10NO4. The SMILES string of the molecule is COC(=O)c1ccc([N]C(=O)/C=C\C=O)cc1. The predicted octanol–water partition coefficient (Wildman–Crippen LogP) is 0.991. The molecule has 5 heteroatoms. The molecule has 1 amide bonds. The lowest BCUT2D eigenvalue weighted by atomic mass is 10.2. The molecule has 17 heavy (non-hydrogen) atoms. The van der Waals surface area contributed by atoms with Crippen LogP contribution in [0.3, 0.4) is 0 Å². The van der Waals surface area contributed by atoms with Gasteiger partial charge in [-0.25, -0.2) is 10.1 Å². The number of esters is 1. The number of hydrogen-bond donors (Lipinski definition) is 0. The molecule has 0 atom stereocenters. The van der Waals surface area contributed by atoms with Crippen molar-refractivity contribution in [2.45, 2.75) is 0 Å². The van der Waals surface area contributed by atoms with Crippen LogP contribution in [-0.4, -0.2) is 25.3 Å². The molecule has 0 aliphatic heterocycles. The molecule has 0 bridgehead atoms. The van der Waals surface area contributed by atoms with Crippen LogP contribution < -0.4 is 5.32 Å². The van der Waals surface area contributed by atoms with Crippen molar-refractivity contribution in [3.8, 4) is 0 Å². The Kier molecular flexibility index (Phi) is 4.62. The van der Waals surface area contributed by atoms with Crippen LogP contribution in [0.1, 0.15) is 10.4 Å². The molecule has 1 radical (unpaired) electrons. The Balaban J connectivity index is 2.68. The van der Waals surface area contributed by atoms with E-state index in [1.165, 1.54) is 31.4 Å². The second-order valence-electron chi connectivity index (χ2n) is 2.98. The summed E-state index contributed by atoms with van der Waals surface area (Å²) < 4.78 is 4.52. The van der Waals surface area contributed by atoms with E-state index in [1.54, 1.807) is 0 Å². The van der Waals surface area contributed by atoms with Crippen molar-refractivity contribution < 1.29 is 19.1 Å².